The van der Waals surface area contributed by atoms with E-state index in [9.17, 15) is 9.18 Å². The van der Waals surface area contributed by atoms with Gasteiger partial charge >= 0.3 is 5.97 Å². The molecule has 0 aliphatic heterocycles. The maximum absolute atomic E-state index is 13.9. The van der Waals surface area contributed by atoms with Crippen molar-refractivity contribution >= 4 is 17.6 Å². The zero-order chi connectivity index (χ0) is 12.6. The lowest BCUT2D eigenvalue weighted by molar-refractivity contribution is -0.149. The van der Waals surface area contributed by atoms with Crippen LogP contribution in [0.5, 0.6) is 0 Å². The average Bonchev–Trinajstić information content (AvgIpc) is 2.15. The molecule has 0 fully saturated rings. The number of benzene rings is 1. The first kappa shape index (κ1) is 12.9. The quantitative estimate of drug-likeness (QED) is 0.859. The number of alkyl halides is 1. The molecule has 0 aliphatic carbocycles. The van der Waals surface area contributed by atoms with E-state index < -0.39 is 17.2 Å². The number of aliphatic carboxylic acids is 1. The zero-order valence-corrected chi connectivity index (χ0v) is 9.75. The Labute approximate surface area is 98.0 Å². The van der Waals surface area contributed by atoms with Gasteiger partial charge in [-0.05, 0) is 31.5 Å². The van der Waals surface area contributed by atoms with Gasteiger partial charge in [0.15, 0.2) is 5.54 Å². The molecule has 0 radical (unpaired) electrons. The van der Waals surface area contributed by atoms with E-state index in [0.29, 0.717) is 5.02 Å². The third-order valence-corrected chi connectivity index (χ3v) is 2.83. The van der Waals surface area contributed by atoms with E-state index >= 15 is 0 Å². The highest BCUT2D eigenvalue weighted by atomic mass is 35.5. The summed E-state index contributed by atoms with van der Waals surface area (Å²) >= 11 is 5.67. The number of rotatable bonds is 3. The van der Waals surface area contributed by atoms with Crippen LogP contribution in [0.15, 0.2) is 24.3 Å². The van der Waals surface area contributed by atoms with Crippen molar-refractivity contribution in [3.63, 3.8) is 0 Å². The van der Waals surface area contributed by atoms with E-state index in [0.717, 1.165) is 13.8 Å². The third kappa shape index (κ3) is 2.03. The highest BCUT2D eigenvalue weighted by molar-refractivity contribution is 6.30. The standard InChI is InChI=1S/C11H13ClFNO2/c1-10(2,13)11(14,9(15)16)7-3-5-8(12)6-4-7/h3-6H,14H2,1-2H3,(H,15,16). The van der Waals surface area contributed by atoms with Gasteiger partial charge in [0.05, 0.1) is 0 Å². The van der Waals surface area contributed by atoms with Crippen LogP contribution in [0.3, 0.4) is 0 Å². The summed E-state index contributed by atoms with van der Waals surface area (Å²) in [5.41, 5.74) is 1.67. The number of hydrogen-bond acceptors (Lipinski definition) is 2. The normalized spacial score (nSPS) is 15.6. The molecule has 3 nitrogen and oxygen atoms in total. The van der Waals surface area contributed by atoms with Gasteiger partial charge in [-0.25, -0.2) is 9.18 Å². The maximum atomic E-state index is 13.9. The Balaban J connectivity index is 3.34. The van der Waals surface area contributed by atoms with Crippen LogP contribution in [0.25, 0.3) is 0 Å². The summed E-state index contributed by atoms with van der Waals surface area (Å²) in [5, 5.41) is 9.53. The summed E-state index contributed by atoms with van der Waals surface area (Å²) in [6.07, 6.45) is 0. The van der Waals surface area contributed by atoms with E-state index in [1.807, 2.05) is 0 Å². The maximum Gasteiger partial charge on any atom is 0.331 e. The first-order valence-electron chi connectivity index (χ1n) is 4.67. The average molecular weight is 246 g/mol. The molecule has 3 N–H and O–H groups in total. The summed E-state index contributed by atoms with van der Waals surface area (Å²) in [7, 11) is 0. The monoisotopic (exact) mass is 245 g/mol. The molecule has 1 aromatic rings. The van der Waals surface area contributed by atoms with E-state index in [-0.39, 0.29) is 5.56 Å². The first-order chi connectivity index (χ1) is 7.19. The minimum Gasteiger partial charge on any atom is -0.480 e. The Morgan fingerprint density at radius 1 is 1.38 bits per heavy atom. The van der Waals surface area contributed by atoms with Gasteiger partial charge in [0.25, 0.3) is 0 Å². The predicted molar refractivity (Wildman–Crippen MR) is 60.1 cm³/mol. The Hall–Kier alpha value is -1.13. The fourth-order valence-corrected chi connectivity index (χ4v) is 1.56. The Bertz CT molecular complexity index is 399. The predicted octanol–water partition coefficient (Wildman–Crippen LogP) is 2.33. The second kappa shape index (κ2) is 4.03. The summed E-state index contributed by atoms with van der Waals surface area (Å²) in [6.45, 7) is 2.27. The highest BCUT2D eigenvalue weighted by Gasteiger charge is 2.50. The molecule has 0 saturated carbocycles. The largest absolute Gasteiger partial charge is 0.480 e. The fourth-order valence-electron chi connectivity index (χ4n) is 1.43. The number of carboxylic acids is 1. The topological polar surface area (TPSA) is 63.3 Å². The van der Waals surface area contributed by atoms with Crippen molar-refractivity contribution in [2.45, 2.75) is 25.1 Å². The van der Waals surface area contributed by atoms with Crippen LogP contribution in [0.4, 0.5) is 4.39 Å². The van der Waals surface area contributed by atoms with Crippen molar-refractivity contribution in [2.24, 2.45) is 5.73 Å². The number of hydrogen-bond donors (Lipinski definition) is 2. The molecule has 5 heteroatoms. The van der Waals surface area contributed by atoms with E-state index in [4.69, 9.17) is 22.4 Å². The third-order valence-electron chi connectivity index (χ3n) is 2.57. The lowest BCUT2D eigenvalue weighted by atomic mass is 9.78. The Kier molecular flexibility index (Phi) is 3.26. The van der Waals surface area contributed by atoms with Gasteiger partial charge in [-0.2, -0.15) is 0 Å². The van der Waals surface area contributed by atoms with Gasteiger partial charge in [0.2, 0.25) is 0 Å². The van der Waals surface area contributed by atoms with Crippen LogP contribution in [0, 0.1) is 0 Å². The van der Waals surface area contributed by atoms with Gasteiger partial charge in [0.1, 0.15) is 5.67 Å². The van der Waals surface area contributed by atoms with Gasteiger partial charge in [-0.3, -0.25) is 0 Å². The molecule has 0 aromatic heterocycles. The molecule has 0 spiro atoms. The van der Waals surface area contributed by atoms with E-state index in [2.05, 4.69) is 0 Å². The SMILES string of the molecule is CC(C)(F)C(N)(C(=O)O)c1ccc(Cl)cc1. The fraction of sp³-hybridized carbons (Fsp3) is 0.364. The number of carbonyl (C=O) groups is 1. The van der Waals surface area contributed by atoms with Crippen molar-refractivity contribution in [3.05, 3.63) is 34.9 Å². The van der Waals surface area contributed by atoms with Crippen molar-refractivity contribution in [2.75, 3.05) is 0 Å². The van der Waals surface area contributed by atoms with E-state index in [1.165, 1.54) is 24.3 Å². The molecular formula is C11H13ClFNO2. The number of carboxylic acid groups (broad SMARTS) is 1. The van der Waals surface area contributed by atoms with Crippen LogP contribution < -0.4 is 5.73 Å². The molecule has 1 rings (SSSR count). The second-order valence-corrected chi connectivity index (χ2v) is 4.53. The van der Waals surface area contributed by atoms with Crippen LogP contribution in [0.2, 0.25) is 5.02 Å². The molecule has 16 heavy (non-hydrogen) atoms. The summed E-state index contributed by atoms with van der Waals surface area (Å²) in [4.78, 5) is 11.2. The lowest BCUT2D eigenvalue weighted by Crippen LogP contribution is -2.57. The number of halogens is 2. The van der Waals surface area contributed by atoms with Crippen LogP contribution >= 0.6 is 11.6 Å². The van der Waals surface area contributed by atoms with Gasteiger partial charge in [0, 0.05) is 5.02 Å². The Morgan fingerprint density at radius 3 is 2.12 bits per heavy atom. The zero-order valence-electron chi connectivity index (χ0n) is 9.00. The highest BCUT2D eigenvalue weighted by Crippen LogP contribution is 2.34. The van der Waals surface area contributed by atoms with E-state index in [1.54, 1.807) is 0 Å². The summed E-state index contributed by atoms with van der Waals surface area (Å²) in [5.74, 6) is -1.41. The number of nitrogens with two attached hydrogens (primary N) is 1. The first-order valence-corrected chi connectivity index (χ1v) is 5.04. The van der Waals surface area contributed by atoms with Crippen LogP contribution in [-0.4, -0.2) is 16.7 Å². The van der Waals surface area contributed by atoms with Gasteiger partial charge in [-0.15, -0.1) is 0 Å². The molecule has 88 valence electrons. The van der Waals surface area contributed by atoms with Crippen molar-refractivity contribution in [1.82, 2.24) is 0 Å². The lowest BCUT2D eigenvalue weighted by Gasteiger charge is -2.34. The molecule has 0 heterocycles. The van der Waals surface area contributed by atoms with Crippen molar-refractivity contribution in [3.8, 4) is 0 Å². The second-order valence-electron chi connectivity index (χ2n) is 4.09. The Morgan fingerprint density at radius 2 is 1.81 bits per heavy atom. The van der Waals surface area contributed by atoms with Crippen LogP contribution in [-0.2, 0) is 10.3 Å². The molecule has 0 bridgehead atoms. The smallest absolute Gasteiger partial charge is 0.331 e. The summed E-state index contributed by atoms with van der Waals surface area (Å²) in [6, 6.07) is 5.79. The molecule has 1 unspecified atom stereocenters. The molecule has 1 atom stereocenters. The molecular weight excluding hydrogens is 233 g/mol. The summed E-state index contributed by atoms with van der Waals surface area (Å²) < 4.78 is 13.9. The molecule has 0 aliphatic rings. The van der Waals surface area contributed by atoms with Gasteiger partial charge < -0.3 is 10.8 Å². The molecule has 1 aromatic carbocycles. The molecule has 0 amide bonds. The minimum absolute atomic E-state index is 0.178. The van der Waals surface area contributed by atoms with Crippen molar-refractivity contribution in [1.29, 1.82) is 0 Å². The van der Waals surface area contributed by atoms with Gasteiger partial charge in [-0.1, -0.05) is 23.7 Å². The van der Waals surface area contributed by atoms with Crippen molar-refractivity contribution < 1.29 is 14.3 Å². The van der Waals surface area contributed by atoms with Crippen LogP contribution in [0.1, 0.15) is 19.4 Å². The minimum atomic E-state index is -2.09. The molecule has 0 saturated heterocycles.